The standard InChI is InChI=1S/C24H26N2O2S2/c1-4-16(3)18-13-9-10-14-20(18)25-24(29)26-22-19(23(27)28-5-2)15-21(30-22)17-11-7-6-8-12-17/h6-16H,4-5H2,1-3H3,(H2,25,26,29). The molecule has 1 heterocycles. The number of thiophene rings is 1. The Morgan fingerprint density at radius 3 is 2.47 bits per heavy atom. The van der Waals surface area contributed by atoms with Crippen LogP contribution in [-0.2, 0) is 4.74 Å². The van der Waals surface area contributed by atoms with Gasteiger partial charge in [-0.05, 0) is 54.7 Å². The molecule has 0 aliphatic carbocycles. The zero-order valence-corrected chi connectivity index (χ0v) is 19.0. The van der Waals surface area contributed by atoms with E-state index >= 15 is 0 Å². The van der Waals surface area contributed by atoms with Crippen molar-refractivity contribution in [1.82, 2.24) is 0 Å². The predicted octanol–water partition coefficient (Wildman–Crippen LogP) is 6.91. The number of hydrogen-bond acceptors (Lipinski definition) is 4. The fourth-order valence-electron chi connectivity index (χ4n) is 3.11. The number of anilines is 2. The molecule has 0 radical (unpaired) electrons. The van der Waals surface area contributed by atoms with Gasteiger partial charge >= 0.3 is 5.97 Å². The van der Waals surface area contributed by atoms with Gasteiger partial charge in [0.25, 0.3) is 0 Å². The van der Waals surface area contributed by atoms with Crippen LogP contribution in [0, 0.1) is 0 Å². The number of carbonyl (C=O) groups excluding carboxylic acids is 1. The van der Waals surface area contributed by atoms with Gasteiger partial charge in [-0.2, -0.15) is 0 Å². The van der Waals surface area contributed by atoms with Gasteiger partial charge in [-0.1, -0.05) is 62.4 Å². The number of carbonyl (C=O) groups is 1. The first-order chi connectivity index (χ1) is 14.5. The van der Waals surface area contributed by atoms with E-state index < -0.39 is 0 Å². The Labute approximate surface area is 187 Å². The molecule has 1 atom stereocenters. The molecule has 0 saturated heterocycles. The third-order valence-electron chi connectivity index (χ3n) is 4.87. The molecule has 6 heteroatoms. The van der Waals surface area contributed by atoms with Crippen LogP contribution in [0.4, 0.5) is 10.7 Å². The van der Waals surface area contributed by atoms with Gasteiger partial charge in [0.15, 0.2) is 5.11 Å². The molecule has 0 fully saturated rings. The maximum absolute atomic E-state index is 12.5. The van der Waals surface area contributed by atoms with Crippen molar-refractivity contribution < 1.29 is 9.53 Å². The van der Waals surface area contributed by atoms with Crippen molar-refractivity contribution in [2.75, 3.05) is 17.2 Å². The third kappa shape index (κ3) is 5.26. The Balaban J connectivity index is 1.86. The van der Waals surface area contributed by atoms with E-state index in [9.17, 15) is 4.79 Å². The van der Waals surface area contributed by atoms with Crippen LogP contribution in [0.2, 0.25) is 0 Å². The lowest BCUT2D eigenvalue weighted by molar-refractivity contribution is 0.0528. The number of thiocarbonyl (C=S) groups is 1. The van der Waals surface area contributed by atoms with Crippen molar-refractivity contribution in [3.8, 4) is 10.4 Å². The summed E-state index contributed by atoms with van der Waals surface area (Å²) in [5.74, 6) is 0.0549. The molecule has 0 spiro atoms. The summed E-state index contributed by atoms with van der Waals surface area (Å²) in [5, 5.41) is 7.62. The second-order valence-electron chi connectivity index (χ2n) is 6.92. The van der Waals surface area contributed by atoms with Crippen molar-refractivity contribution in [3.05, 3.63) is 71.8 Å². The van der Waals surface area contributed by atoms with Crippen LogP contribution in [0.15, 0.2) is 60.7 Å². The van der Waals surface area contributed by atoms with Crippen molar-refractivity contribution in [1.29, 1.82) is 0 Å². The molecule has 0 saturated carbocycles. The highest BCUT2D eigenvalue weighted by Crippen LogP contribution is 2.36. The molecule has 1 unspecified atom stereocenters. The van der Waals surface area contributed by atoms with Crippen LogP contribution in [-0.4, -0.2) is 17.7 Å². The largest absolute Gasteiger partial charge is 0.462 e. The summed E-state index contributed by atoms with van der Waals surface area (Å²) in [7, 11) is 0. The topological polar surface area (TPSA) is 50.4 Å². The zero-order valence-electron chi connectivity index (χ0n) is 17.4. The first-order valence-electron chi connectivity index (χ1n) is 10.1. The fourth-order valence-corrected chi connectivity index (χ4v) is 4.44. The van der Waals surface area contributed by atoms with Gasteiger partial charge in [-0.25, -0.2) is 4.79 Å². The van der Waals surface area contributed by atoms with Gasteiger partial charge < -0.3 is 15.4 Å². The minimum absolute atomic E-state index is 0.319. The normalized spacial score (nSPS) is 11.6. The molecular formula is C24H26N2O2S2. The summed E-state index contributed by atoms with van der Waals surface area (Å²) in [6.07, 6.45) is 1.04. The van der Waals surface area contributed by atoms with E-state index in [-0.39, 0.29) is 5.97 Å². The van der Waals surface area contributed by atoms with E-state index in [1.165, 1.54) is 16.9 Å². The summed E-state index contributed by atoms with van der Waals surface area (Å²) < 4.78 is 5.25. The Morgan fingerprint density at radius 1 is 1.07 bits per heavy atom. The summed E-state index contributed by atoms with van der Waals surface area (Å²) >= 11 is 7.05. The molecule has 3 rings (SSSR count). The summed E-state index contributed by atoms with van der Waals surface area (Å²) in [4.78, 5) is 13.5. The van der Waals surface area contributed by atoms with Crippen LogP contribution < -0.4 is 10.6 Å². The zero-order chi connectivity index (χ0) is 21.5. The lowest BCUT2D eigenvalue weighted by Crippen LogP contribution is -2.21. The number of hydrogen-bond donors (Lipinski definition) is 2. The predicted molar refractivity (Wildman–Crippen MR) is 131 cm³/mol. The highest BCUT2D eigenvalue weighted by atomic mass is 32.1. The van der Waals surface area contributed by atoms with E-state index in [0.717, 1.165) is 22.5 Å². The molecule has 156 valence electrons. The van der Waals surface area contributed by atoms with Crippen LogP contribution in [0.5, 0.6) is 0 Å². The SMILES string of the molecule is CCOC(=O)c1cc(-c2ccccc2)sc1NC(=S)Nc1ccccc1C(C)CC. The second-order valence-corrected chi connectivity index (χ2v) is 8.38. The van der Waals surface area contributed by atoms with Crippen LogP contribution in [0.1, 0.15) is 49.0 Å². The third-order valence-corrected chi connectivity index (χ3v) is 6.17. The van der Waals surface area contributed by atoms with E-state index in [0.29, 0.717) is 28.2 Å². The summed E-state index contributed by atoms with van der Waals surface area (Å²) in [6.45, 7) is 6.48. The molecule has 1 aromatic heterocycles. The number of benzene rings is 2. The van der Waals surface area contributed by atoms with Crippen molar-refractivity contribution >= 4 is 45.3 Å². The van der Waals surface area contributed by atoms with Gasteiger partial charge in [0.05, 0.1) is 12.2 Å². The number of ether oxygens (including phenoxy) is 1. The van der Waals surface area contributed by atoms with E-state index in [1.807, 2.05) is 54.6 Å². The average molecular weight is 439 g/mol. The van der Waals surface area contributed by atoms with Gasteiger partial charge in [-0.15, -0.1) is 11.3 Å². The molecule has 0 bridgehead atoms. The monoisotopic (exact) mass is 438 g/mol. The molecule has 0 amide bonds. The Kier molecular flexibility index (Phi) is 7.60. The van der Waals surface area contributed by atoms with Crippen LogP contribution in [0.3, 0.4) is 0 Å². The minimum Gasteiger partial charge on any atom is -0.462 e. The van der Waals surface area contributed by atoms with Gasteiger partial charge in [0.1, 0.15) is 5.00 Å². The molecule has 2 N–H and O–H groups in total. The highest BCUT2D eigenvalue weighted by molar-refractivity contribution is 7.80. The van der Waals surface area contributed by atoms with E-state index in [2.05, 4.69) is 30.5 Å². The molecule has 2 aromatic carbocycles. The Bertz CT molecular complexity index is 1020. The molecule has 3 aromatic rings. The summed E-state index contributed by atoms with van der Waals surface area (Å²) in [6, 6.07) is 20.0. The number of rotatable bonds is 7. The highest BCUT2D eigenvalue weighted by Gasteiger charge is 2.19. The molecular weight excluding hydrogens is 412 g/mol. The molecule has 0 aliphatic rings. The fraction of sp³-hybridized carbons (Fsp3) is 0.250. The first kappa shape index (κ1) is 22.0. The van der Waals surface area contributed by atoms with Crippen LogP contribution in [0.25, 0.3) is 10.4 Å². The average Bonchev–Trinajstić information content (AvgIpc) is 3.18. The second kappa shape index (κ2) is 10.4. The van der Waals surface area contributed by atoms with E-state index in [4.69, 9.17) is 17.0 Å². The Hall–Kier alpha value is -2.70. The van der Waals surface area contributed by atoms with Gasteiger partial charge in [-0.3, -0.25) is 0 Å². The number of esters is 1. The summed E-state index contributed by atoms with van der Waals surface area (Å²) in [5.41, 5.74) is 3.72. The lowest BCUT2D eigenvalue weighted by Gasteiger charge is -2.17. The van der Waals surface area contributed by atoms with E-state index in [1.54, 1.807) is 6.92 Å². The molecule has 30 heavy (non-hydrogen) atoms. The van der Waals surface area contributed by atoms with Gasteiger partial charge in [0, 0.05) is 10.6 Å². The van der Waals surface area contributed by atoms with Crippen molar-refractivity contribution in [3.63, 3.8) is 0 Å². The van der Waals surface area contributed by atoms with Crippen molar-refractivity contribution in [2.24, 2.45) is 0 Å². The lowest BCUT2D eigenvalue weighted by atomic mass is 9.97. The first-order valence-corrected chi connectivity index (χ1v) is 11.3. The molecule has 4 nitrogen and oxygen atoms in total. The molecule has 0 aliphatic heterocycles. The van der Waals surface area contributed by atoms with Crippen molar-refractivity contribution in [2.45, 2.75) is 33.1 Å². The Morgan fingerprint density at radius 2 is 1.77 bits per heavy atom. The number of para-hydroxylation sites is 1. The maximum Gasteiger partial charge on any atom is 0.341 e. The van der Waals surface area contributed by atoms with Crippen LogP contribution >= 0.6 is 23.6 Å². The number of nitrogens with one attached hydrogen (secondary N) is 2. The minimum atomic E-state index is -0.360. The quantitative estimate of drug-likeness (QED) is 0.310. The maximum atomic E-state index is 12.5. The smallest absolute Gasteiger partial charge is 0.341 e. The van der Waals surface area contributed by atoms with Gasteiger partial charge in [0.2, 0.25) is 0 Å².